The van der Waals surface area contributed by atoms with Crippen molar-refractivity contribution in [2.45, 2.75) is 26.3 Å². The second kappa shape index (κ2) is 13.0. The lowest BCUT2D eigenvalue weighted by molar-refractivity contribution is -0.120. The first kappa shape index (κ1) is 28.6. The van der Waals surface area contributed by atoms with E-state index in [-0.39, 0.29) is 18.5 Å². The number of nitrogens with zero attached hydrogens (tertiary/aromatic N) is 2. The van der Waals surface area contributed by atoms with Gasteiger partial charge in [-0.3, -0.25) is 9.59 Å². The average Bonchev–Trinajstić information content (AvgIpc) is 2.88. The van der Waals surface area contributed by atoms with E-state index < -0.39 is 5.54 Å². The molecule has 38 heavy (non-hydrogen) atoms. The Labute approximate surface area is 227 Å². The van der Waals surface area contributed by atoms with Crippen LogP contribution in [-0.4, -0.2) is 50.5 Å². The SMILES string of the molecule is C=Nc1nc(-c2cccc(C(=O)NCCOC)c2)c(Cl)cc1NCOc1ccc(C(C)(C)NC(C)=O)cc1. The van der Waals surface area contributed by atoms with E-state index in [4.69, 9.17) is 21.1 Å². The van der Waals surface area contributed by atoms with Crippen molar-refractivity contribution in [3.05, 3.63) is 70.7 Å². The average molecular weight is 538 g/mol. The lowest BCUT2D eigenvalue weighted by Crippen LogP contribution is -2.39. The van der Waals surface area contributed by atoms with Gasteiger partial charge in [0.15, 0.2) is 12.5 Å². The van der Waals surface area contributed by atoms with Crippen molar-refractivity contribution in [1.29, 1.82) is 0 Å². The summed E-state index contributed by atoms with van der Waals surface area (Å²) in [5, 5.41) is 9.21. The summed E-state index contributed by atoms with van der Waals surface area (Å²) in [5.41, 5.74) is 2.63. The number of hydrogen-bond acceptors (Lipinski definition) is 7. The number of carbonyl (C=O) groups is 2. The summed E-state index contributed by atoms with van der Waals surface area (Å²) >= 11 is 6.57. The molecular formula is C28H32ClN5O4. The largest absolute Gasteiger partial charge is 0.473 e. The second-order valence-electron chi connectivity index (χ2n) is 8.97. The quantitative estimate of drug-likeness (QED) is 0.171. The van der Waals surface area contributed by atoms with E-state index in [9.17, 15) is 9.59 Å². The van der Waals surface area contributed by atoms with Gasteiger partial charge >= 0.3 is 0 Å². The minimum absolute atomic E-state index is 0.0967. The van der Waals surface area contributed by atoms with Crippen LogP contribution in [0.1, 0.15) is 36.7 Å². The van der Waals surface area contributed by atoms with Crippen LogP contribution in [0.3, 0.4) is 0 Å². The lowest BCUT2D eigenvalue weighted by Gasteiger charge is -2.26. The maximum absolute atomic E-state index is 12.4. The molecule has 10 heteroatoms. The molecule has 0 saturated carbocycles. The van der Waals surface area contributed by atoms with Gasteiger partial charge < -0.3 is 25.4 Å². The molecule has 0 aliphatic rings. The van der Waals surface area contributed by atoms with Crippen molar-refractivity contribution in [1.82, 2.24) is 15.6 Å². The van der Waals surface area contributed by atoms with Crippen LogP contribution in [0, 0.1) is 0 Å². The van der Waals surface area contributed by atoms with E-state index in [0.29, 0.717) is 52.2 Å². The van der Waals surface area contributed by atoms with Gasteiger partial charge in [0.25, 0.3) is 5.91 Å². The minimum Gasteiger partial charge on any atom is -0.473 e. The van der Waals surface area contributed by atoms with E-state index in [1.165, 1.54) is 6.92 Å². The van der Waals surface area contributed by atoms with Gasteiger partial charge in [-0.15, -0.1) is 0 Å². The van der Waals surface area contributed by atoms with E-state index in [0.717, 1.165) is 5.56 Å². The molecule has 0 saturated heterocycles. The molecule has 0 bridgehead atoms. The second-order valence-corrected chi connectivity index (χ2v) is 9.38. The van der Waals surface area contributed by atoms with Crippen LogP contribution in [0.2, 0.25) is 5.02 Å². The molecule has 0 aliphatic carbocycles. The number of aliphatic imine (C=N–C) groups is 1. The minimum atomic E-state index is -0.495. The van der Waals surface area contributed by atoms with Crippen LogP contribution in [0.25, 0.3) is 11.3 Å². The zero-order valence-electron chi connectivity index (χ0n) is 21.9. The normalized spacial score (nSPS) is 11.0. The highest BCUT2D eigenvalue weighted by atomic mass is 35.5. The monoisotopic (exact) mass is 537 g/mol. The van der Waals surface area contributed by atoms with Gasteiger partial charge in [0, 0.05) is 31.7 Å². The zero-order chi connectivity index (χ0) is 27.7. The smallest absolute Gasteiger partial charge is 0.251 e. The van der Waals surface area contributed by atoms with Crippen molar-refractivity contribution < 1.29 is 19.1 Å². The molecule has 3 N–H and O–H groups in total. The fourth-order valence-electron chi connectivity index (χ4n) is 3.79. The molecule has 2 amide bonds. The molecule has 0 radical (unpaired) electrons. The zero-order valence-corrected chi connectivity index (χ0v) is 22.7. The van der Waals surface area contributed by atoms with Gasteiger partial charge in [-0.1, -0.05) is 35.9 Å². The van der Waals surface area contributed by atoms with E-state index >= 15 is 0 Å². The van der Waals surface area contributed by atoms with Crippen LogP contribution in [0.5, 0.6) is 5.75 Å². The maximum atomic E-state index is 12.4. The number of rotatable bonds is 12. The summed E-state index contributed by atoms with van der Waals surface area (Å²) in [6.45, 7) is 9.94. The topological polar surface area (TPSA) is 114 Å². The van der Waals surface area contributed by atoms with Gasteiger partial charge in [-0.25, -0.2) is 9.98 Å². The molecule has 3 rings (SSSR count). The predicted octanol–water partition coefficient (Wildman–Crippen LogP) is 4.93. The van der Waals surface area contributed by atoms with Crippen LogP contribution in [0.15, 0.2) is 59.6 Å². The number of amides is 2. The molecule has 0 spiro atoms. The van der Waals surface area contributed by atoms with Gasteiger partial charge in [0.05, 0.1) is 28.5 Å². The third kappa shape index (κ3) is 7.53. The summed E-state index contributed by atoms with van der Waals surface area (Å²) in [5.74, 6) is 0.671. The van der Waals surface area contributed by atoms with Crippen molar-refractivity contribution in [2.24, 2.45) is 4.99 Å². The first-order chi connectivity index (χ1) is 18.1. The summed E-state index contributed by atoms with van der Waals surface area (Å²) in [7, 11) is 1.57. The molecule has 0 unspecified atom stereocenters. The molecule has 200 valence electrons. The lowest BCUT2D eigenvalue weighted by atomic mass is 9.94. The van der Waals surface area contributed by atoms with E-state index in [1.54, 1.807) is 31.4 Å². The summed E-state index contributed by atoms with van der Waals surface area (Å²) < 4.78 is 10.8. The van der Waals surface area contributed by atoms with E-state index in [1.807, 2.05) is 44.2 Å². The Bertz CT molecular complexity index is 1290. The van der Waals surface area contributed by atoms with Crippen molar-refractivity contribution >= 4 is 41.6 Å². The third-order valence-corrected chi connectivity index (χ3v) is 5.95. The predicted molar refractivity (Wildman–Crippen MR) is 151 cm³/mol. The number of nitrogens with one attached hydrogen (secondary N) is 3. The first-order valence-corrected chi connectivity index (χ1v) is 12.3. The number of benzene rings is 2. The highest BCUT2D eigenvalue weighted by Crippen LogP contribution is 2.34. The molecule has 0 fully saturated rings. The molecule has 0 aliphatic heterocycles. The summed E-state index contributed by atoms with van der Waals surface area (Å²) in [6, 6.07) is 16.2. The van der Waals surface area contributed by atoms with Crippen LogP contribution < -0.4 is 20.7 Å². The number of hydrogen-bond donors (Lipinski definition) is 3. The van der Waals surface area contributed by atoms with Crippen molar-refractivity contribution in [3.63, 3.8) is 0 Å². The Morgan fingerprint density at radius 2 is 1.87 bits per heavy atom. The fraction of sp³-hybridized carbons (Fsp3) is 0.286. The Hall–Kier alpha value is -3.95. The number of aromatic nitrogens is 1. The highest BCUT2D eigenvalue weighted by molar-refractivity contribution is 6.33. The summed E-state index contributed by atoms with van der Waals surface area (Å²) in [4.78, 5) is 32.5. The first-order valence-electron chi connectivity index (χ1n) is 12.0. The van der Waals surface area contributed by atoms with Crippen LogP contribution in [0.4, 0.5) is 11.5 Å². The maximum Gasteiger partial charge on any atom is 0.251 e. The molecule has 2 aromatic carbocycles. The molecule has 0 atom stereocenters. The van der Waals surface area contributed by atoms with Gasteiger partial charge in [-0.2, -0.15) is 0 Å². The number of pyridine rings is 1. The van der Waals surface area contributed by atoms with Crippen molar-refractivity contribution in [2.75, 3.05) is 32.3 Å². The number of ether oxygens (including phenoxy) is 2. The molecular weight excluding hydrogens is 506 g/mol. The molecule has 1 aromatic heterocycles. The van der Waals surface area contributed by atoms with E-state index in [2.05, 4.69) is 32.6 Å². The van der Waals surface area contributed by atoms with Crippen molar-refractivity contribution in [3.8, 4) is 17.0 Å². The molecule has 3 aromatic rings. The number of carbonyl (C=O) groups excluding carboxylic acids is 2. The Morgan fingerprint density at radius 1 is 1.13 bits per heavy atom. The van der Waals surface area contributed by atoms with Gasteiger partial charge in [-0.05, 0) is 56.5 Å². The Kier molecular flexibility index (Phi) is 9.81. The van der Waals surface area contributed by atoms with Crippen LogP contribution >= 0.6 is 11.6 Å². The molecule has 9 nitrogen and oxygen atoms in total. The van der Waals surface area contributed by atoms with Gasteiger partial charge in [0.1, 0.15) is 5.75 Å². The fourth-order valence-corrected chi connectivity index (χ4v) is 4.05. The number of halogens is 1. The van der Waals surface area contributed by atoms with Crippen LogP contribution in [-0.2, 0) is 15.1 Å². The Morgan fingerprint density at radius 3 is 2.53 bits per heavy atom. The molecule has 1 heterocycles. The number of methoxy groups -OCH3 is 1. The highest BCUT2D eigenvalue weighted by Gasteiger charge is 2.21. The standard InChI is InChI=1S/C28H32ClN5O4/c1-18(35)34-28(2,3)21-9-11-22(12-10-21)38-17-32-24-16-23(29)25(33-26(24)30-4)19-7-6-8-20(15-19)27(36)31-13-14-37-5/h6-12,15-16,32H,4,13-14,17H2,1-3,5H3,(H,31,36)(H,34,35). The van der Waals surface area contributed by atoms with Gasteiger partial charge in [0.2, 0.25) is 5.91 Å². The Balaban J connectivity index is 1.69. The number of anilines is 1. The third-order valence-electron chi connectivity index (χ3n) is 5.66. The summed E-state index contributed by atoms with van der Waals surface area (Å²) in [6.07, 6.45) is 0.